The molecule has 1 aromatic heterocycles. The van der Waals surface area contributed by atoms with Crippen molar-refractivity contribution in [2.24, 2.45) is 5.92 Å². The van der Waals surface area contributed by atoms with Gasteiger partial charge in [-0.25, -0.2) is 0 Å². The van der Waals surface area contributed by atoms with Crippen LogP contribution in [0.3, 0.4) is 0 Å². The zero-order valence-electron chi connectivity index (χ0n) is 18.7. The molecule has 29 heavy (non-hydrogen) atoms. The molecule has 0 N–H and O–H groups in total. The molecule has 5 nitrogen and oxygen atoms in total. The van der Waals surface area contributed by atoms with Gasteiger partial charge in [0.1, 0.15) is 5.75 Å². The zero-order valence-corrected chi connectivity index (χ0v) is 18.7. The SMILES string of the molecule is CCN(Cc1cnn(C(C)C)c1)C[C@@H]1CCCN(CCc2cccc(OC)c2)C1. The summed E-state index contributed by atoms with van der Waals surface area (Å²) in [7, 11) is 1.74. The van der Waals surface area contributed by atoms with Gasteiger partial charge in [-0.2, -0.15) is 5.10 Å². The number of aromatic nitrogens is 2. The van der Waals surface area contributed by atoms with Gasteiger partial charge in [0.05, 0.1) is 13.3 Å². The summed E-state index contributed by atoms with van der Waals surface area (Å²) in [5.74, 6) is 1.72. The fourth-order valence-corrected chi connectivity index (χ4v) is 4.29. The van der Waals surface area contributed by atoms with E-state index in [2.05, 4.69) is 64.7 Å². The first-order valence-electron chi connectivity index (χ1n) is 11.2. The molecule has 2 heterocycles. The molecule has 0 aliphatic carbocycles. The molecule has 3 rings (SSSR count). The molecular weight excluding hydrogens is 360 g/mol. The van der Waals surface area contributed by atoms with Crippen molar-refractivity contribution in [2.45, 2.75) is 52.6 Å². The van der Waals surface area contributed by atoms with Gasteiger partial charge in [-0.15, -0.1) is 0 Å². The van der Waals surface area contributed by atoms with Gasteiger partial charge < -0.3 is 9.64 Å². The van der Waals surface area contributed by atoms with Crippen LogP contribution in [0.1, 0.15) is 50.8 Å². The fourth-order valence-electron chi connectivity index (χ4n) is 4.29. The molecule has 0 bridgehead atoms. The van der Waals surface area contributed by atoms with Crippen LogP contribution in [0.15, 0.2) is 36.7 Å². The van der Waals surface area contributed by atoms with Gasteiger partial charge in [-0.05, 0) is 69.8 Å². The van der Waals surface area contributed by atoms with E-state index in [1.165, 1.54) is 43.6 Å². The molecule has 1 aliphatic rings. The minimum absolute atomic E-state index is 0.426. The van der Waals surface area contributed by atoms with Crippen molar-refractivity contribution in [3.05, 3.63) is 47.8 Å². The van der Waals surface area contributed by atoms with Gasteiger partial charge >= 0.3 is 0 Å². The molecule has 0 unspecified atom stereocenters. The van der Waals surface area contributed by atoms with Crippen LogP contribution in [-0.4, -0.2) is 59.4 Å². The van der Waals surface area contributed by atoms with Gasteiger partial charge in [-0.1, -0.05) is 19.1 Å². The molecular formula is C24H38N4O. The number of methoxy groups -OCH3 is 1. The normalized spacial score (nSPS) is 17.9. The lowest BCUT2D eigenvalue weighted by Crippen LogP contribution is -2.41. The number of ether oxygens (including phenoxy) is 1. The van der Waals surface area contributed by atoms with Crippen molar-refractivity contribution in [1.29, 1.82) is 0 Å². The Morgan fingerprint density at radius 1 is 1.28 bits per heavy atom. The Bertz CT molecular complexity index is 742. The van der Waals surface area contributed by atoms with E-state index in [0.29, 0.717) is 6.04 Å². The van der Waals surface area contributed by atoms with E-state index in [1.807, 2.05) is 12.3 Å². The smallest absolute Gasteiger partial charge is 0.119 e. The third-order valence-electron chi connectivity index (χ3n) is 6.01. The van der Waals surface area contributed by atoms with E-state index >= 15 is 0 Å². The Morgan fingerprint density at radius 3 is 2.86 bits per heavy atom. The van der Waals surface area contributed by atoms with Crippen LogP contribution in [0, 0.1) is 5.92 Å². The number of likely N-dealkylation sites (tertiary alicyclic amines) is 1. The molecule has 160 valence electrons. The molecule has 1 fully saturated rings. The van der Waals surface area contributed by atoms with Crippen molar-refractivity contribution in [1.82, 2.24) is 19.6 Å². The minimum atomic E-state index is 0.426. The van der Waals surface area contributed by atoms with E-state index in [4.69, 9.17) is 4.74 Å². The zero-order chi connectivity index (χ0) is 20.6. The average Bonchev–Trinajstić information content (AvgIpc) is 3.21. The predicted octanol–water partition coefficient (Wildman–Crippen LogP) is 4.25. The molecule has 1 aromatic carbocycles. The Labute approximate surface area is 176 Å². The molecule has 0 saturated carbocycles. The fraction of sp³-hybridized carbons (Fsp3) is 0.625. The molecule has 2 aromatic rings. The molecule has 1 aliphatic heterocycles. The summed E-state index contributed by atoms with van der Waals surface area (Å²) in [4.78, 5) is 5.23. The Kier molecular flexibility index (Phi) is 8.13. The minimum Gasteiger partial charge on any atom is -0.497 e. The quantitative estimate of drug-likeness (QED) is 0.599. The van der Waals surface area contributed by atoms with Gasteiger partial charge in [0.2, 0.25) is 0 Å². The average molecular weight is 399 g/mol. The second-order valence-electron chi connectivity index (χ2n) is 8.66. The maximum atomic E-state index is 5.36. The number of benzene rings is 1. The summed E-state index contributed by atoms with van der Waals surface area (Å²) in [5.41, 5.74) is 2.69. The van der Waals surface area contributed by atoms with E-state index in [9.17, 15) is 0 Å². The number of rotatable bonds is 10. The summed E-state index contributed by atoms with van der Waals surface area (Å²) < 4.78 is 7.42. The first kappa shape index (κ1) is 21.8. The van der Waals surface area contributed by atoms with Crippen molar-refractivity contribution < 1.29 is 4.74 Å². The summed E-state index contributed by atoms with van der Waals surface area (Å²) in [5, 5.41) is 4.50. The highest BCUT2D eigenvalue weighted by Gasteiger charge is 2.22. The summed E-state index contributed by atoms with van der Waals surface area (Å²) >= 11 is 0. The van der Waals surface area contributed by atoms with Crippen LogP contribution >= 0.6 is 0 Å². The molecule has 0 radical (unpaired) electrons. The maximum absolute atomic E-state index is 5.36. The molecule has 0 amide bonds. The predicted molar refractivity (Wildman–Crippen MR) is 119 cm³/mol. The van der Waals surface area contributed by atoms with E-state index in [-0.39, 0.29) is 0 Å². The number of piperidine rings is 1. The first-order chi connectivity index (χ1) is 14.1. The number of hydrogen-bond acceptors (Lipinski definition) is 4. The highest BCUT2D eigenvalue weighted by atomic mass is 16.5. The van der Waals surface area contributed by atoms with E-state index < -0.39 is 0 Å². The van der Waals surface area contributed by atoms with Crippen molar-refractivity contribution in [3.8, 4) is 5.75 Å². The van der Waals surface area contributed by atoms with Crippen LogP contribution in [0.5, 0.6) is 5.75 Å². The monoisotopic (exact) mass is 398 g/mol. The third kappa shape index (κ3) is 6.58. The van der Waals surface area contributed by atoms with Gasteiger partial charge in [0.15, 0.2) is 0 Å². The highest BCUT2D eigenvalue weighted by molar-refractivity contribution is 5.28. The van der Waals surface area contributed by atoms with Crippen molar-refractivity contribution in [2.75, 3.05) is 39.8 Å². The van der Waals surface area contributed by atoms with Crippen LogP contribution in [-0.2, 0) is 13.0 Å². The first-order valence-corrected chi connectivity index (χ1v) is 11.2. The highest BCUT2D eigenvalue weighted by Crippen LogP contribution is 2.20. The molecule has 5 heteroatoms. The lowest BCUT2D eigenvalue weighted by molar-refractivity contribution is 0.133. The maximum Gasteiger partial charge on any atom is 0.119 e. The van der Waals surface area contributed by atoms with Crippen molar-refractivity contribution >= 4 is 0 Å². The summed E-state index contributed by atoms with van der Waals surface area (Å²) in [6.07, 6.45) is 7.98. The largest absolute Gasteiger partial charge is 0.497 e. The number of nitrogens with zero attached hydrogens (tertiary/aromatic N) is 4. The van der Waals surface area contributed by atoms with Gasteiger partial charge in [0, 0.05) is 44.0 Å². The third-order valence-corrected chi connectivity index (χ3v) is 6.01. The standard InChI is InChI=1S/C24H38N4O/c1-5-26(18-23-15-25-28(19-23)20(2)3)16-22-9-7-12-27(17-22)13-11-21-8-6-10-24(14-21)29-4/h6,8,10,14-15,19-20,22H,5,7,9,11-13,16-18H2,1-4H3/t22-/m0/s1. The lowest BCUT2D eigenvalue weighted by atomic mass is 9.96. The van der Waals surface area contributed by atoms with Crippen LogP contribution in [0.25, 0.3) is 0 Å². The van der Waals surface area contributed by atoms with Crippen LogP contribution in [0.4, 0.5) is 0 Å². The van der Waals surface area contributed by atoms with Gasteiger partial charge in [0.25, 0.3) is 0 Å². The molecule has 1 atom stereocenters. The number of hydrogen-bond donors (Lipinski definition) is 0. The topological polar surface area (TPSA) is 33.5 Å². The molecule has 0 spiro atoms. The second-order valence-corrected chi connectivity index (χ2v) is 8.66. The van der Waals surface area contributed by atoms with E-state index in [0.717, 1.165) is 37.7 Å². The van der Waals surface area contributed by atoms with Crippen LogP contribution in [0.2, 0.25) is 0 Å². The van der Waals surface area contributed by atoms with E-state index in [1.54, 1.807) is 7.11 Å². The Morgan fingerprint density at radius 2 is 2.14 bits per heavy atom. The van der Waals surface area contributed by atoms with Crippen molar-refractivity contribution in [3.63, 3.8) is 0 Å². The summed E-state index contributed by atoms with van der Waals surface area (Å²) in [6, 6.07) is 8.91. The second kappa shape index (κ2) is 10.8. The lowest BCUT2D eigenvalue weighted by Gasteiger charge is -2.35. The Hall–Kier alpha value is -1.85. The van der Waals surface area contributed by atoms with Crippen LogP contribution < -0.4 is 4.74 Å². The molecule has 1 saturated heterocycles. The Balaban J connectivity index is 1.48. The summed E-state index contributed by atoms with van der Waals surface area (Å²) in [6.45, 7) is 13.5. The van der Waals surface area contributed by atoms with Gasteiger partial charge in [-0.3, -0.25) is 9.58 Å².